The Morgan fingerprint density at radius 1 is 1.21 bits per heavy atom. The zero-order valence-electron chi connectivity index (χ0n) is 13.5. The van der Waals surface area contributed by atoms with Gasteiger partial charge in [0, 0.05) is 50.1 Å². The van der Waals surface area contributed by atoms with E-state index in [1.165, 1.54) is 23.6 Å². The number of fused-ring (bicyclic) bond motifs is 1. The highest BCUT2D eigenvalue weighted by Gasteiger charge is 2.30. The van der Waals surface area contributed by atoms with E-state index < -0.39 is 0 Å². The molecule has 4 rings (SSSR count). The highest BCUT2D eigenvalue weighted by molar-refractivity contribution is 5.76. The van der Waals surface area contributed by atoms with Crippen LogP contribution < -0.4 is 5.56 Å². The number of rotatable bonds is 4. The summed E-state index contributed by atoms with van der Waals surface area (Å²) in [6.07, 6.45) is 8.31. The second kappa shape index (κ2) is 6.22. The summed E-state index contributed by atoms with van der Waals surface area (Å²) in [6.45, 7) is 2.43. The minimum atomic E-state index is -0.108. The SMILES string of the molecule is O=C(CC1CC1)N1Cc2nccn2C[C@@H](Cn2ncccc2=O)C1. The minimum absolute atomic E-state index is 0.108. The third-order valence-corrected chi connectivity index (χ3v) is 4.80. The molecule has 0 aromatic carbocycles. The van der Waals surface area contributed by atoms with Crippen molar-refractivity contribution >= 4 is 5.91 Å². The van der Waals surface area contributed by atoms with Crippen LogP contribution in [0.25, 0.3) is 0 Å². The molecule has 1 saturated carbocycles. The van der Waals surface area contributed by atoms with Crippen LogP contribution >= 0.6 is 0 Å². The van der Waals surface area contributed by atoms with Gasteiger partial charge in [0.05, 0.1) is 13.1 Å². The number of aromatic nitrogens is 4. The molecule has 1 aliphatic heterocycles. The summed E-state index contributed by atoms with van der Waals surface area (Å²) in [6, 6.07) is 3.16. The monoisotopic (exact) mass is 327 g/mol. The Hall–Kier alpha value is -2.44. The maximum absolute atomic E-state index is 12.6. The van der Waals surface area contributed by atoms with Crippen LogP contribution in [0.3, 0.4) is 0 Å². The molecule has 0 saturated heterocycles. The van der Waals surface area contributed by atoms with E-state index in [0.29, 0.717) is 32.0 Å². The number of hydrogen-bond acceptors (Lipinski definition) is 4. The number of imidazole rings is 1. The van der Waals surface area contributed by atoms with Gasteiger partial charge in [-0.3, -0.25) is 9.59 Å². The number of amides is 1. The molecule has 2 aliphatic rings. The molecular weight excluding hydrogens is 306 g/mol. The van der Waals surface area contributed by atoms with Crippen molar-refractivity contribution in [3.63, 3.8) is 0 Å². The first-order chi connectivity index (χ1) is 11.7. The lowest BCUT2D eigenvalue weighted by atomic mass is 10.1. The van der Waals surface area contributed by atoms with Gasteiger partial charge in [0.15, 0.2) is 0 Å². The molecular formula is C17H21N5O2. The molecule has 0 spiro atoms. The lowest BCUT2D eigenvalue weighted by Crippen LogP contribution is -2.37. The van der Waals surface area contributed by atoms with Crippen molar-refractivity contribution < 1.29 is 4.79 Å². The first-order valence-corrected chi connectivity index (χ1v) is 8.49. The van der Waals surface area contributed by atoms with Crippen LogP contribution in [-0.2, 0) is 24.4 Å². The second-order valence-corrected chi connectivity index (χ2v) is 6.83. The summed E-state index contributed by atoms with van der Waals surface area (Å²) in [7, 11) is 0. The lowest BCUT2D eigenvalue weighted by Gasteiger charge is -2.24. The van der Waals surface area contributed by atoms with Crippen molar-refractivity contribution in [2.24, 2.45) is 11.8 Å². The number of hydrogen-bond donors (Lipinski definition) is 0. The standard InChI is InChI=1S/C17H21N5O2/c23-16-2-1-5-19-22(16)11-14-9-20-7-6-18-15(20)12-21(10-14)17(24)8-13-3-4-13/h1-2,5-7,13-14H,3-4,8-12H2/t14-/m1/s1. The van der Waals surface area contributed by atoms with Crippen LogP contribution in [0.1, 0.15) is 25.1 Å². The predicted molar refractivity (Wildman–Crippen MR) is 87.0 cm³/mol. The predicted octanol–water partition coefficient (Wildman–Crippen LogP) is 0.898. The van der Waals surface area contributed by atoms with E-state index in [0.717, 1.165) is 12.4 Å². The van der Waals surface area contributed by atoms with E-state index in [4.69, 9.17) is 0 Å². The highest BCUT2D eigenvalue weighted by Crippen LogP contribution is 2.33. The largest absolute Gasteiger partial charge is 0.335 e. The van der Waals surface area contributed by atoms with Gasteiger partial charge in [0.2, 0.25) is 5.91 Å². The molecule has 7 nitrogen and oxygen atoms in total. The number of carbonyl (C=O) groups is 1. The molecule has 1 atom stereocenters. The van der Waals surface area contributed by atoms with E-state index in [-0.39, 0.29) is 17.4 Å². The van der Waals surface area contributed by atoms with Gasteiger partial charge in [-0.25, -0.2) is 9.67 Å². The number of nitrogens with zero attached hydrogens (tertiary/aromatic N) is 5. The molecule has 126 valence electrons. The smallest absolute Gasteiger partial charge is 0.266 e. The fourth-order valence-corrected chi connectivity index (χ4v) is 3.31. The summed E-state index contributed by atoms with van der Waals surface area (Å²) < 4.78 is 3.57. The van der Waals surface area contributed by atoms with Gasteiger partial charge in [0.1, 0.15) is 5.82 Å². The third-order valence-electron chi connectivity index (χ3n) is 4.80. The molecule has 2 aromatic rings. The zero-order valence-corrected chi connectivity index (χ0v) is 13.5. The fourth-order valence-electron chi connectivity index (χ4n) is 3.31. The van der Waals surface area contributed by atoms with Gasteiger partial charge in [-0.2, -0.15) is 5.10 Å². The molecule has 0 unspecified atom stereocenters. The Morgan fingerprint density at radius 3 is 2.88 bits per heavy atom. The van der Waals surface area contributed by atoms with Gasteiger partial charge in [0.25, 0.3) is 5.56 Å². The van der Waals surface area contributed by atoms with Gasteiger partial charge in [-0.05, 0) is 24.8 Å². The van der Waals surface area contributed by atoms with E-state index in [1.807, 2.05) is 11.1 Å². The average Bonchev–Trinajstić information content (AvgIpc) is 3.31. The maximum atomic E-state index is 12.6. The van der Waals surface area contributed by atoms with Gasteiger partial charge in [-0.1, -0.05) is 0 Å². The first-order valence-electron chi connectivity index (χ1n) is 8.49. The summed E-state index contributed by atoms with van der Waals surface area (Å²) in [5.74, 6) is 1.82. The summed E-state index contributed by atoms with van der Waals surface area (Å²) in [4.78, 5) is 30.8. The molecule has 0 N–H and O–H groups in total. The van der Waals surface area contributed by atoms with Crippen molar-refractivity contribution in [1.29, 1.82) is 0 Å². The summed E-state index contributed by atoms with van der Waals surface area (Å²) in [5, 5.41) is 4.15. The van der Waals surface area contributed by atoms with Crippen LogP contribution in [-0.4, -0.2) is 36.7 Å². The van der Waals surface area contributed by atoms with Crippen molar-refractivity contribution in [2.45, 2.75) is 38.9 Å². The zero-order chi connectivity index (χ0) is 16.5. The minimum Gasteiger partial charge on any atom is -0.335 e. The van der Waals surface area contributed by atoms with Crippen LogP contribution in [0, 0.1) is 11.8 Å². The fraction of sp³-hybridized carbons (Fsp3) is 0.529. The van der Waals surface area contributed by atoms with Crippen molar-refractivity contribution in [1.82, 2.24) is 24.2 Å². The van der Waals surface area contributed by atoms with Gasteiger partial charge < -0.3 is 9.47 Å². The van der Waals surface area contributed by atoms with Gasteiger partial charge >= 0.3 is 0 Å². The van der Waals surface area contributed by atoms with Crippen LogP contribution in [0.15, 0.2) is 35.5 Å². The second-order valence-electron chi connectivity index (χ2n) is 6.83. The molecule has 1 fully saturated rings. The Kier molecular flexibility index (Phi) is 3.92. The average molecular weight is 327 g/mol. The van der Waals surface area contributed by atoms with Crippen molar-refractivity contribution in [3.8, 4) is 0 Å². The van der Waals surface area contributed by atoms with E-state index in [2.05, 4.69) is 14.6 Å². The lowest BCUT2D eigenvalue weighted by molar-refractivity contribution is -0.132. The maximum Gasteiger partial charge on any atom is 0.266 e. The van der Waals surface area contributed by atoms with Crippen LogP contribution in [0.4, 0.5) is 0 Å². The Balaban J connectivity index is 1.55. The van der Waals surface area contributed by atoms with Crippen molar-refractivity contribution in [3.05, 3.63) is 46.9 Å². The summed E-state index contributed by atoms with van der Waals surface area (Å²) in [5.41, 5.74) is -0.108. The molecule has 2 aromatic heterocycles. The first kappa shape index (κ1) is 15.1. The number of carbonyl (C=O) groups excluding carboxylic acids is 1. The van der Waals surface area contributed by atoms with Crippen LogP contribution in [0.2, 0.25) is 0 Å². The van der Waals surface area contributed by atoms with E-state index in [1.54, 1.807) is 18.5 Å². The van der Waals surface area contributed by atoms with Crippen molar-refractivity contribution in [2.75, 3.05) is 6.54 Å². The molecule has 0 radical (unpaired) electrons. The Labute approximate surface area is 139 Å². The molecule has 1 aliphatic carbocycles. The molecule has 0 bridgehead atoms. The Bertz CT molecular complexity index is 792. The van der Waals surface area contributed by atoms with E-state index >= 15 is 0 Å². The highest BCUT2D eigenvalue weighted by atomic mass is 16.2. The molecule has 1 amide bonds. The molecule has 3 heterocycles. The normalized spacial score (nSPS) is 20.5. The quantitative estimate of drug-likeness (QED) is 0.836. The summed E-state index contributed by atoms with van der Waals surface area (Å²) >= 11 is 0. The molecule has 7 heteroatoms. The van der Waals surface area contributed by atoms with E-state index in [9.17, 15) is 9.59 Å². The Morgan fingerprint density at radius 2 is 2.08 bits per heavy atom. The third kappa shape index (κ3) is 3.25. The molecule has 24 heavy (non-hydrogen) atoms. The van der Waals surface area contributed by atoms with Crippen LogP contribution in [0.5, 0.6) is 0 Å². The van der Waals surface area contributed by atoms with Gasteiger partial charge in [-0.15, -0.1) is 0 Å². The topological polar surface area (TPSA) is 73.0 Å².